The van der Waals surface area contributed by atoms with E-state index in [0.29, 0.717) is 11.8 Å². The van der Waals surface area contributed by atoms with Crippen molar-refractivity contribution in [3.05, 3.63) is 25.7 Å². The number of hydrogen-bond donors (Lipinski definition) is 0. The number of ether oxygens (including phenoxy) is 2. The summed E-state index contributed by atoms with van der Waals surface area (Å²) in [5, 5.41) is 0. The van der Waals surface area contributed by atoms with Crippen molar-refractivity contribution < 1.29 is 9.47 Å². The van der Waals surface area contributed by atoms with Crippen LogP contribution in [0.5, 0.6) is 0 Å². The van der Waals surface area contributed by atoms with E-state index in [4.69, 9.17) is 9.47 Å². The van der Waals surface area contributed by atoms with Gasteiger partial charge < -0.3 is 9.47 Å². The zero-order valence-electron chi connectivity index (χ0n) is 10.8. The topological polar surface area (TPSA) is 18.5 Å². The summed E-state index contributed by atoms with van der Waals surface area (Å²) in [5.41, 5.74) is 0. The lowest BCUT2D eigenvalue weighted by atomic mass is 9.69. The van der Waals surface area contributed by atoms with E-state index in [0.717, 1.165) is 23.7 Å². The van der Waals surface area contributed by atoms with Gasteiger partial charge in [0.25, 0.3) is 0 Å². The zero-order chi connectivity index (χ0) is 12.3. The Morgan fingerprint density at radius 1 is 0.778 bits per heavy atom. The molecular weight excluding hydrogens is 224 g/mol. The van der Waals surface area contributed by atoms with Crippen LogP contribution < -0.4 is 0 Å². The summed E-state index contributed by atoms with van der Waals surface area (Å²) in [4.78, 5) is 0. The minimum atomic E-state index is 0.228. The Kier molecular flexibility index (Phi) is 2.30. The second-order valence-corrected chi connectivity index (χ2v) is 6.59. The molecule has 0 aromatic carbocycles. The summed E-state index contributed by atoms with van der Waals surface area (Å²) in [6.45, 7) is 7.46. The van der Waals surface area contributed by atoms with Crippen molar-refractivity contribution in [1.29, 1.82) is 0 Å². The molecule has 2 nitrogen and oxygen atoms in total. The maximum absolute atomic E-state index is 5.81. The van der Waals surface area contributed by atoms with Crippen LogP contribution in [0.25, 0.3) is 0 Å². The summed E-state index contributed by atoms with van der Waals surface area (Å²) < 4.78 is 11.6. The molecule has 4 aliphatic rings. The van der Waals surface area contributed by atoms with E-state index < -0.39 is 0 Å². The predicted molar refractivity (Wildman–Crippen MR) is 69.5 cm³/mol. The van der Waals surface area contributed by atoms with Gasteiger partial charge in [-0.3, -0.25) is 0 Å². The summed E-state index contributed by atoms with van der Waals surface area (Å²) >= 11 is 0. The van der Waals surface area contributed by atoms with E-state index in [1.165, 1.54) is 25.7 Å². The van der Waals surface area contributed by atoms with E-state index in [-0.39, 0.29) is 12.2 Å². The van der Waals surface area contributed by atoms with Crippen molar-refractivity contribution in [1.82, 2.24) is 0 Å². The molecule has 0 N–H and O–H groups in total. The SMILES string of the molecule is C=COC1C2CC(C1OC=C)C1C3CCC(C3)C21. The second-order valence-electron chi connectivity index (χ2n) is 6.59. The molecule has 18 heavy (non-hydrogen) atoms. The second kappa shape index (κ2) is 3.79. The Balaban J connectivity index is 1.64. The van der Waals surface area contributed by atoms with Crippen LogP contribution in [0, 0.1) is 35.5 Å². The normalized spacial score (nSPS) is 55.3. The van der Waals surface area contributed by atoms with Crippen LogP contribution in [0.3, 0.4) is 0 Å². The van der Waals surface area contributed by atoms with Crippen molar-refractivity contribution in [2.75, 3.05) is 0 Å². The van der Waals surface area contributed by atoms with Crippen LogP contribution in [0.2, 0.25) is 0 Å². The number of hydrogen-bond acceptors (Lipinski definition) is 2. The van der Waals surface area contributed by atoms with Crippen LogP contribution in [0.15, 0.2) is 25.7 Å². The van der Waals surface area contributed by atoms with Crippen LogP contribution in [-0.2, 0) is 9.47 Å². The van der Waals surface area contributed by atoms with E-state index in [1.54, 1.807) is 12.5 Å². The standard InChI is InChI=1S/C16H22O2/c1-3-17-15-11-8-12(16(15)18-4-2)14-10-6-5-9(7-10)13(11)14/h3-4,9-16H,1-2,5-8H2. The zero-order valence-corrected chi connectivity index (χ0v) is 10.8. The third-order valence-corrected chi connectivity index (χ3v) is 6.25. The van der Waals surface area contributed by atoms with Gasteiger partial charge in [-0.05, 0) is 49.4 Å². The highest BCUT2D eigenvalue weighted by Gasteiger charge is 2.67. The summed E-state index contributed by atoms with van der Waals surface area (Å²) in [6, 6.07) is 0. The minimum absolute atomic E-state index is 0.228. The first-order chi connectivity index (χ1) is 8.85. The maximum Gasteiger partial charge on any atom is 0.138 e. The van der Waals surface area contributed by atoms with Gasteiger partial charge in [0, 0.05) is 11.8 Å². The minimum Gasteiger partial charge on any atom is -0.494 e. The van der Waals surface area contributed by atoms with E-state index in [1.807, 2.05) is 0 Å². The summed E-state index contributed by atoms with van der Waals surface area (Å²) in [5.74, 6) is 5.22. The van der Waals surface area contributed by atoms with Crippen LogP contribution in [0.4, 0.5) is 0 Å². The lowest BCUT2D eigenvalue weighted by Gasteiger charge is -2.41. The molecule has 2 heteroatoms. The Morgan fingerprint density at radius 3 is 1.72 bits per heavy atom. The lowest BCUT2D eigenvalue weighted by molar-refractivity contribution is -0.0790. The molecule has 4 saturated carbocycles. The van der Waals surface area contributed by atoms with Crippen molar-refractivity contribution in [3.63, 3.8) is 0 Å². The molecular formula is C16H22O2. The molecule has 4 fully saturated rings. The first-order valence-electron chi connectivity index (χ1n) is 7.38. The summed E-state index contributed by atoms with van der Waals surface area (Å²) in [7, 11) is 0. The fourth-order valence-corrected chi connectivity index (χ4v) is 6.05. The van der Waals surface area contributed by atoms with Gasteiger partial charge in [0.2, 0.25) is 0 Å². The van der Waals surface area contributed by atoms with E-state index in [9.17, 15) is 0 Å². The van der Waals surface area contributed by atoms with Gasteiger partial charge in [-0.15, -0.1) is 0 Å². The fourth-order valence-electron chi connectivity index (χ4n) is 6.05. The van der Waals surface area contributed by atoms with Crippen molar-refractivity contribution in [2.45, 2.75) is 37.9 Å². The summed E-state index contributed by atoms with van der Waals surface area (Å²) in [6.07, 6.45) is 9.37. The number of rotatable bonds is 4. The molecule has 98 valence electrons. The monoisotopic (exact) mass is 246 g/mol. The van der Waals surface area contributed by atoms with Crippen LogP contribution in [-0.4, -0.2) is 12.2 Å². The lowest BCUT2D eigenvalue weighted by Crippen LogP contribution is -2.45. The van der Waals surface area contributed by atoms with Gasteiger partial charge in [0.05, 0.1) is 12.5 Å². The molecule has 0 aromatic rings. The highest BCUT2D eigenvalue weighted by Crippen LogP contribution is 2.68. The molecule has 4 rings (SSSR count). The highest BCUT2D eigenvalue weighted by atomic mass is 16.5. The Morgan fingerprint density at radius 2 is 1.28 bits per heavy atom. The molecule has 4 aliphatic carbocycles. The Hall–Kier alpha value is -0.920. The molecule has 0 saturated heterocycles. The molecule has 4 bridgehead atoms. The van der Waals surface area contributed by atoms with Crippen LogP contribution >= 0.6 is 0 Å². The predicted octanol–water partition coefficient (Wildman–Crippen LogP) is 3.36. The van der Waals surface area contributed by atoms with Gasteiger partial charge in [-0.2, -0.15) is 0 Å². The van der Waals surface area contributed by atoms with E-state index >= 15 is 0 Å². The third-order valence-electron chi connectivity index (χ3n) is 6.25. The van der Waals surface area contributed by atoms with Gasteiger partial charge in [0.15, 0.2) is 0 Å². The number of fused-ring (bicyclic) bond motifs is 9. The van der Waals surface area contributed by atoms with Crippen LogP contribution in [0.1, 0.15) is 25.7 Å². The Labute approximate surface area is 109 Å². The quantitative estimate of drug-likeness (QED) is 0.559. The molecule has 0 aromatic heterocycles. The average Bonchev–Trinajstić information content (AvgIpc) is 3.07. The third kappa shape index (κ3) is 1.19. The average molecular weight is 246 g/mol. The molecule has 0 spiro atoms. The molecule has 8 atom stereocenters. The van der Waals surface area contributed by atoms with Gasteiger partial charge >= 0.3 is 0 Å². The van der Waals surface area contributed by atoms with Crippen molar-refractivity contribution in [2.24, 2.45) is 35.5 Å². The first-order valence-corrected chi connectivity index (χ1v) is 7.38. The van der Waals surface area contributed by atoms with Gasteiger partial charge in [-0.25, -0.2) is 0 Å². The molecule has 0 amide bonds. The maximum atomic E-state index is 5.81. The Bertz CT molecular complexity index is 343. The first kappa shape index (κ1) is 11.0. The highest BCUT2D eigenvalue weighted by molar-refractivity contribution is 5.15. The molecule has 8 unspecified atom stereocenters. The van der Waals surface area contributed by atoms with Gasteiger partial charge in [0.1, 0.15) is 12.2 Å². The molecule has 0 aliphatic heterocycles. The van der Waals surface area contributed by atoms with Crippen molar-refractivity contribution in [3.8, 4) is 0 Å². The van der Waals surface area contributed by atoms with E-state index in [2.05, 4.69) is 13.2 Å². The smallest absolute Gasteiger partial charge is 0.138 e. The molecule has 0 radical (unpaired) electrons. The molecule has 0 heterocycles. The van der Waals surface area contributed by atoms with Crippen molar-refractivity contribution >= 4 is 0 Å². The fraction of sp³-hybridized carbons (Fsp3) is 0.750. The largest absolute Gasteiger partial charge is 0.494 e. The van der Waals surface area contributed by atoms with Gasteiger partial charge in [-0.1, -0.05) is 13.2 Å².